The molecule has 1 aromatic rings. The van der Waals surface area contributed by atoms with Crippen molar-refractivity contribution in [2.24, 2.45) is 35.0 Å². The number of aliphatic hydroxyl groups excluding tert-OH is 1. The number of hydrogen-bond donors (Lipinski definition) is 3. The van der Waals surface area contributed by atoms with Crippen molar-refractivity contribution in [1.29, 1.82) is 0 Å². The number of rotatable bonds is 4. The summed E-state index contributed by atoms with van der Waals surface area (Å²) in [6.45, 7) is 12.1. The number of nitrogens with zero attached hydrogens (tertiary/aromatic N) is 1. The molecular formula is C31H42N2O6S. The van der Waals surface area contributed by atoms with Gasteiger partial charge in [-0.15, -0.1) is 0 Å². The minimum Gasteiger partial charge on any atom is -0.453 e. The third kappa shape index (κ3) is 5.21. The van der Waals surface area contributed by atoms with Crippen molar-refractivity contribution in [3.63, 3.8) is 0 Å². The van der Waals surface area contributed by atoms with Crippen LogP contribution in [0.1, 0.15) is 88.7 Å². The van der Waals surface area contributed by atoms with E-state index in [4.69, 9.17) is 4.74 Å². The molecule has 0 spiro atoms. The lowest BCUT2D eigenvalue weighted by Gasteiger charge is -2.36. The fourth-order valence-corrected chi connectivity index (χ4v) is 8.18. The smallest absolute Gasteiger partial charge is 0.350 e. The number of hydrogen-bond acceptors (Lipinski definition) is 8. The summed E-state index contributed by atoms with van der Waals surface area (Å²) in [5.41, 5.74) is -0.806. The Labute approximate surface area is 240 Å². The van der Waals surface area contributed by atoms with Crippen LogP contribution >= 0.6 is 11.3 Å². The van der Waals surface area contributed by atoms with E-state index in [9.17, 15) is 24.6 Å². The fourth-order valence-electron chi connectivity index (χ4n) is 7.48. The van der Waals surface area contributed by atoms with Crippen LogP contribution < -0.4 is 5.32 Å². The van der Waals surface area contributed by atoms with E-state index in [2.05, 4.69) is 30.7 Å². The van der Waals surface area contributed by atoms with Gasteiger partial charge >= 0.3 is 5.97 Å². The van der Waals surface area contributed by atoms with Gasteiger partial charge in [0.05, 0.1) is 18.2 Å². The van der Waals surface area contributed by atoms with Crippen LogP contribution in [0.5, 0.6) is 0 Å². The molecule has 3 N–H and O–H groups in total. The molecule has 3 saturated carbocycles. The van der Waals surface area contributed by atoms with Crippen LogP contribution in [-0.4, -0.2) is 50.7 Å². The molecular weight excluding hydrogens is 528 g/mol. The highest BCUT2D eigenvalue weighted by atomic mass is 32.1. The maximum absolute atomic E-state index is 13.7. The van der Waals surface area contributed by atoms with Gasteiger partial charge in [0.1, 0.15) is 16.6 Å². The van der Waals surface area contributed by atoms with Crippen LogP contribution in [0.2, 0.25) is 0 Å². The molecule has 4 aliphatic carbocycles. The highest BCUT2D eigenvalue weighted by Gasteiger charge is 2.61. The molecule has 4 aliphatic rings. The largest absolute Gasteiger partial charge is 0.453 e. The first-order chi connectivity index (χ1) is 18.8. The van der Waals surface area contributed by atoms with Crippen molar-refractivity contribution in [2.45, 2.75) is 96.9 Å². The first kappa shape index (κ1) is 29.1. The van der Waals surface area contributed by atoms with Gasteiger partial charge in [0, 0.05) is 5.92 Å². The quantitative estimate of drug-likeness (QED) is 0.341. The lowest BCUT2D eigenvalue weighted by Crippen LogP contribution is -2.52. The van der Waals surface area contributed by atoms with E-state index in [1.807, 2.05) is 6.08 Å². The summed E-state index contributed by atoms with van der Waals surface area (Å²) < 4.78 is 6.01. The topological polar surface area (TPSA) is 126 Å². The standard InChI is InChI=1S/C31H42N2O6S/c1-16-11-12-20-21(30(20,4)5)13-17(2)26(35)31(38)14-18(3)24(34)23(31)25(16)39-28(37)22-15-32-29(40-22)33-27(36)19-9-7-6-8-10-19/h13,15,18-21,23-25,34,38H,1,6-12,14H2,2-5H3,(H,32,33,36)/b17-13+/t18-,20-,21+,23+,24-,25-,31+/m0/s1. The number of ether oxygens (including phenoxy) is 1. The molecule has 1 aromatic heterocycles. The fraction of sp³-hybridized carbons (Fsp3) is 0.677. The Kier molecular flexibility index (Phi) is 7.87. The molecule has 8 nitrogen and oxygen atoms in total. The predicted octanol–water partition coefficient (Wildman–Crippen LogP) is 5.07. The summed E-state index contributed by atoms with van der Waals surface area (Å²) in [4.78, 5) is 44.2. The number of amides is 1. The SMILES string of the molecule is C=C1CC[C@H]2[C@@H](/C=C(\C)C(=O)[C@@]3(O)C[C@H](C)[C@H](O)[C@@H]3[C@H]1OC(=O)c1cnc(NC(=O)C3CCCCC3)s1)C2(C)C. The van der Waals surface area contributed by atoms with Crippen molar-refractivity contribution in [3.05, 3.63) is 34.9 Å². The second kappa shape index (κ2) is 10.8. The molecule has 9 heteroatoms. The summed E-state index contributed by atoms with van der Waals surface area (Å²) in [6.07, 6.45) is 7.57. The number of esters is 1. The molecule has 3 fully saturated rings. The molecule has 0 aliphatic heterocycles. The van der Waals surface area contributed by atoms with Gasteiger partial charge in [-0.3, -0.25) is 9.59 Å². The maximum atomic E-state index is 13.7. The van der Waals surface area contributed by atoms with Crippen LogP contribution in [0.4, 0.5) is 5.13 Å². The minimum atomic E-state index is -1.89. The summed E-state index contributed by atoms with van der Waals surface area (Å²) in [6, 6.07) is 0. The summed E-state index contributed by atoms with van der Waals surface area (Å²) >= 11 is 1.03. The zero-order chi connectivity index (χ0) is 29.0. The molecule has 218 valence electrons. The summed E-state index contributed by atoms with van der Waals surface area (Å²) in [5.74, 6) is -2.10. The zero-order valence-electron chi connectivity index (χ0n) is 23.9. The molecule has 40 heavy (non-hydrogen) atoms. The molecule has 0 aromatic carbocycles. The van der Waals surface area contributed by atoms with Crippen LogP contribution in [0, 0.1) is 35.0 Å². The third-order valence-corrected chi connectivity index (χ3v) is 11.0. The van der Waals surface area contributed by atoms with E-state index in [-0.39, 0.29) is 40.4 Å². The average molecular weight is 571 g/mol. The second-order valence-electron chi connectivity index (χ2n) is 13.1. The van der Waals surface area contributed by atoms with Gasteiger partial charge in [0.15, 0.2) is 10.9 Å². The lowest BCUT2D eigenvalue weighted by molar-refractivity contribution is -0.144. The Balaban J connectivity index is 1.39. The molecule has 0 unspecified atom stereocenters. The Hall–Kier alpha value is -2.36. The monoisotopic (exact) mass is 570 g/mol. The van der Waals surface area contributed by atoms with Gasteiger partial charge in [-0.2, -0.15) is 0 Å². The number of nitrogens with one attached hydrogen (secondary N) is 1. The van der Waals surface area contributed by atoms with E-state index in [1.54, 1.807) is 13.8 Å². The Morgan fingerprint density at radius 1 is 1.20 bits per heavy atom. The number of ketones is 1. The van der Waals surface area contributed by atoms with Gasteiger partial charge in [-0.1, -0.05) is 64.0 Å². The van der Waals surface area contributed by atoms with E-state index < -0.39 is 35.5 Å². The van der Waals surface area contributed by atoms with Crippen molar-refractivity contribution in [2.75, 3.05) is 5.32 Å². The van der Waals surface area contributed by atoms with Gasteiger partial charge in [0.2, 0.25) is 5.91 Å². The highest BCUT2D eigenvalue weighted by molar-refractivity contribution is 7.17. The third-order valence-electron chi connectivity index (χ3n) is 10.1. The van der Waals surface area contributed by atoms with Crippen LogP contribution in [0.3, 0.4) is 0 Å². The number of aromatic nitrogens is 1. The summed E-state index contributed by atoms with van der Waals surface area (Å²) in [7, 11) is 0. The number of anilines is 1. The molecule has 0 bridgehead atoms. The second-order valence-corrected chi connectivity index (χ2v) is 14.2. The minimum absolute atomic E-state index is 0.0266. The van der Waals surface area contributed by atoms with Crippen LogP contribution in [0.15, 0.2) is 30.0 Å². The molecule has 0 radical (unpaired) electrons. The number of aliphatic hydroxyl groups is 2. The Morgan fingerprint density at radius 2 is 1.90 bits per heavy atom. The Bertz CT molecular complexity index is 1230. The van der Waals surface area contributed by atoms with Crippen molar-refractivity contribution < 1.29 is 29.3 Å². The number of Topliss-reactive ketones (excluding diaryl/α,β-unsaturated/α-hetero) is 1. The maximum Gasteiger partial charge on any atom is 0.350 e. The Morgan fingerprint density at radius 3 is 2.60 bits per heavy atom. The number of thiazole rings is 1. The summed E-state index contributed by atoms with van der Waals surface area (Å²) in [5, 5.41) is 26.3. The van der Waals surface area contributed by atoms with Gasteiger partial charge in [-0.05, 0) is 73.3 Å². The van der Waals surface area contributed by atoms with Gasteiger partial charge in [-0.25, -0.2) is 9.78 Å². The highest BCUT2D eigenvalue weighted by Crippen LogP contribution is 2.62. The van der Waals surface area contributed by atoms with Crippen molar-refractivity contribution in [3.8, 4) is 0 Å². The van der Waals surface area contributed by atoms with E-state index in [1.165, 1.54) is 6.20 Å². The zero-order valence-corrected chi connectivity index (χ0v) is 24.8. The molecule has 5 rings (SSSR count). The molecule has 1 heterocycles. The van der Waals surface area contributed by atoms with Gasteiger partial charge < -0.3 is 20.3 Å². The average Bonchev–Trinajstić information content (AvgIpc) is 3.19. The predicted molar refractivity (Wildman–Crippen MR) is 153 cm³/mol. The van der Waals surface area contributed by atoms with Crippen molar-refractivity contribution >= 4 is 34.1 Å². The van der Waals surface area contributed by atoms with Gasteiger partial charge in [0.25, 0.3) is 0 Å². The number of carbonyl (C=O) groups is 3. The van der Waals surface area contributed by atoms with E-state index >= 15 is 0 Å². The van der Waals surface area contributed by atoms with Crippen LogP contribution in [-0.2, 0) is 14.3 Å². The lowest BCUT2D eigenvalue weighted by atomic mass is 9.77. The first-order valence-corrected chi connectivity index (χ1v) is 15.4. The first-order valence-electron chi connectivity index (χ1n) is 14.6. The molecule has 0 saturated heterocycles. The molecule has 1 amide bonds. The number of carbonyl (C=O) groups excluding carboxylic acids is 3. The van der Waals surface area contributed by atoms with Crippen molar-refractivity contribution in [1.82, 2.24) is 4.98 Å². The van der Waals surface area contributed by atoms with E-state index in [0.29, 0.717) is 28.6 Å². The van der Waals surface area contributed by atoms with E-state index in [0.717, 1.165) is 49.9 Å². The number of fused-ring (bicyclic) bond motifs is 2. The normalized spacial score (nSPS) is 37.4. The number of allylic oxidation sites excluding steroid dienone is 1. The van der Waals surface area contributed by atoms with Crippen LogP contribution in [0.25, 0.3) is 0 Å². The molecule has 7 atom stereocenters.